The molecule has 0 saturated carbocycles. The fourth-order valence-electron chi connectivity index (χ4n) is 2.89. The summed E-state index contributed by atoms with van der Waals surface area (Å²) in [6.07, 6.45) is 3.36. The Bertz CT molecular complexity index is 1200. The van der Waals surface area contributed by atoms with Crippen LogP contribution in [-0.4, -0.2) is 36.9 Å². The summed E-state index contributed by atoms with van der Waals surface area (Å²) in [6, 6.07) is 8.58. The predicted molar refractivity (Wildman–Crippen MR) is 125 cm³/mol. The van der Waals surface area contributed by atoms with E-state index in [2.05, 4.69) is 25.3 Å². The largest absolute Gasteiger partial charge is 0.373 e. The third-order valence-electron chi connectivity index (χ3n) is 4.07. The molecule has 3 rings (SSSR count). The van der Waals surface area contributed by atoms with E-state index in [0.717, 1.165) is 16.4 Å². The summed E-state index contributed by atoms with van der Waals surface area (Å²) in [6.45, 7) is 6.69. The number of pyridine rings is 1. The number of rotatable bonds is 6. The van der Waals surface area contributed by atoms with E-state index in [9.17, 15) is 13.2 Å². The fourth-order valence-corrected chi connectivity index (χ4v) is 5.56. The van der Waals surface area contributed by atoms with Gasteiger partial charge in [0, 0.05) is 48.7 Å². The zero-order chi connectivity index (χ0) is 22.8. The Kier molecular flexibility index (Phi) is 6.44. The minimum atomic E-state index is -3.86. The van der Waals surface area contributed by atoms with E-state index in [4.69, 9.17) is 0 Å². The molecule has 0 saturated heterocycles. The van der Waals surface area contributed by atoms with E-state index in [0.29, 0.717) is 16.1 Å². The van der Waals surface area contributed by atoms with Gasteiger partial charge in [0.05, 0.1) is 9.77 Å². The van der Waals surface area contributed by atoms with E-state index in [1.165, 1.54) is 24.3 Å². The maximum atomic E-state index is 13.2. The van der Waals surface area contributed by atoms with Gasteiger partial charge in [0.15, 0.2) is 0 Å². The first-order chi connectivity index (χ1) is 14.5. The van der Waals surface area contributed by atoms with Crippen LogP contribution in [0.15, 0.2) is 47.6 Å². The zero-order valence-corrected chi connectivity index (χ0v) is 19.6. The molecule has 0 aliphatic carbocycles. The highest BCUT2D eigenvalue weighted by molar-refractivity contribution is 7.89. The summed E-state index contributed by atoms with van der Waals surface area (Å²) in [4.78, 5) is 21.0. The van der Waals surface area contributed by atoms with Crippen molar-refractivity contribution in [2.45, 2.75) is 38.1 Å². The molecule has 0 aliphatic heterocycles. The van der Waals surface area contributed by atoms with Crippen LogP contribution in [0.5, 0.6) is 0 Å². The van der Waals surface area contributed by atoms with Gasteiger partial charge in [0.1, 0.15) is 10.8 Å². The average Bonchev–Trinajstić information content (AvgIpc) is 3.16. The van der Waals surface area contributed by atoms with Gasteiger partial charge in [-0.3, -0.25) is 4.79 Å². The molecule has 0 fully saturated rings. The Morgan fingerprint density at radius 2 is 1.81 bits per heavy atom. The standard InChI is InChI=1S/C21H25N5O3S2/c1-13(27)25-15-7-8-16(18(10-15)31(28,29)26-21(2,3)4)17-12-24-20(30-17)14-6-9-19(22-5)23-11-14/h6-12,26H,1-5H3,(H,22,23)(H,25,27). The van der Waals surface area contributed by atoms with Gasteiger partial charge in [0.2, 0.25) is 15.9 Å². The second-order valence-corrected chi connectivity index (χ2v) is 10.6. The molecule has 31 heavy (non-hydrogen) atoms. The molecule has 164 valence electrons. The number of aromatic nitrogens is 2. The Hall–Kier alpha value is -2.82. The number of thiazole rings is 1. The third-order valence-corrected chi connectivity index (χ3v) is 6.95. The van der Waals surface area contributed by atoms with Crippen molar-refractivity contribution in [2.24, 2.45) is 0 Å². The number of sulfonamides is 1. The normalized spacial score (nSPS) is 11.9. The number of hydrogen-bond acceptors (Lipinski definition) is 7. The van der Waals surface area contributed by atoms with Crippen LogP contribution in [0.4, 0.5) is 11.5 Å². The number of amides is 1. The number of hydrogen-bond donors (Lipinski definition) is 3. The molecule has 2 aromatic heterocycles. The minimum Gasteiger partial charge on any atom is -0.373 e. The van der Waals surface area contributed by atoms with Crippen LogP contribution in [0, 0.1) is 0 Å². The van der Waals surface area contributed by atoms with Crippen LogP contribution in [0.1, 0.15) is 27.7 Å². The van der Waals surface area contributed by atoms with Crippen molar-refractivity contribution in [3.05, 3.63) is 42.7 Å². The van der Waals surface area contributed by atoms with Gasteiger partial charge < -0.3 is 10.6 Å². The number of carbonyl (C=O) groups excluding carboxylic acids is 1. The van der Waals surface area contributed by atoms with Crippen molar-refractivity contribution in [1.29, 1.82) is 0 Å². The number of nitrogens with one attached hydrogen (secondary N) is 3. The predicted octanol–water partition coefficient (Wildman–Crippen LogP) is 3.95. The average molecular weight is 460 g/mol. The lowest BCUT2D eigenvalue weighted by Gasteiger charge is -2.22. The summed E-state index contributed by atoms with van der Waals surface area (Å²) in [5.41, 5.74) is 1.08. The molecule has 0 spiro atoms. The maximum Gasteiger partial charge on any atom is 0.241 e. The highest BCUT2D eigenvalue weighted by Crippen LogP contribution is 2.37. The lowest BCUT2D eigenvalue weighted by molar-refractivity contribution is -0.114. The smallest absolute Gasteiger partial charge is 0.241 e. The van der Waals surface area contributed by atoms with Gasteiger partial charge in [0.25, 0.3) is 0 Å². The second-order valence-electron chi connectivity index (χ2n) is 7.96. The van der Waals surface area contributed by atoms with E-state index in [1.54, 1.807) is 52.3 Å². The quantitative estimate of drug-likeness (QED) is 0.514. The van der Waals surface area contributed by atoms with Gasteiger partial charge in [-0.25, -0.2) is 23.1 Å². The van der Waals surface area contributed by atoms with Crippen molar-refractivity contribution in [1.82, 2.24) is 14.7 Å². The van der Waals surface area contributed by atoms with Crippen LogP contribution >= 0.6 is 11.3 Å². The molecule has 1 aromatic carbocycles. The molecule has 0 radical (unpaired) electrons. The number of carbonyl (C=O) groups is 1. The van der Waals surface area contributed by atoms with E-state index < -0.39 is 15.6 Å². The molecule has 8 nitrogen and oxygen atoms in total. The number of nitrogens with zero attached hydrogens (tertiary/aromatic N) is 2. The molecular formula is C21H25N5O3S2. The van der Waals surface area contributed by atoms with Crippen molar-refractivity contribution in [3.8, 4) is 21.0 Å². The van der Waals surface area contributed by atoms with Crippen LogP contribution in [0.3, 0.4) is 0 Å². The lowest BCUT2D eigenvalue weighted by atomic mass is 10.1. The summed E-state index contributed by atoms with van der Waals surface area (Å²) in [7, 11) is -2.07. The molecule has 1 amide bonds. The molecule has 0 unspecified atom stereocenters. The van der Waals surface area contributed by atoms with Gasteiger partial charge in [-0.2, -0.15) is 0 Å². The van der Waals surface area contributed by atoms with E-state index in [-0.39, 0.29) is 10.8 Å². The van der Waals surface area contributed by atoms with E-state index in [1.807, 2.05) is 12.1 Å². The Morgan fingerprint density at radius 1 is 1.06 bits per heavy atom. The fraction of sp³-hybridized carbons (Fsp3) is 0.286. The highest BCUT2D eigenvalue weighted by atomic mass is 32.2. The molecule has 3 aromatic rings. The van der Waals surface area contributed by atoms with Gasteiger partial charge in [-0.1, -0.05) is 6.07 Å². The third kappa shape index (κ3) is 5.66. The Balaban J connectivity index is 2.08. The highest BCUT2D eigenvalue weighted by Gasteiger charge is 2.26. The van der Waals surface area contributed by atoms with Crippen LogP contribution < -0.4 is 15.4 Å². The van der Waals surface area contributed by atoms with Crippen molar-refractivity contribution < 1.29 is 13.2 Å². The summed E-state index contributed by atoms with van der Waals surface area (Å²) >= 11 is 1.37. The topological polar surface area (TPSA) is 113 Å². The Labute approximate surface area is 186 Å². The monoisotopic (exact) mass is 459 g/mol. The summed E-state index contributed by atoms with van der Waals surface area (Å²) in [5.74, 6) is 0.466. The maximum absolute atomic E-state index is 13.2. The Morgan fingerprint density at radius 3 is 2.39 bits per heavy atom. The zero-order valence-electron chi connectivity index (χ0n) is 18.0. The van der Waals surface area contributed by atoms with Crippen molar-refractivity contribution >= 4 is 38.8 Å². The van der Waals surface area contributed by atoms with Gasteiger partial charge >= 0.3 is 0 Å². The molecule has 2 heterocycles. The molecule has 0 aliphatic rings. The van der Waals surface area contributed by atoms with Crippen molar-refractivity contribution in [3.63, 3.8) is 0 Å². The number of anilines is 2. The number of benzene rings is 1. The minimum absolute atomic E-state index is 0.0764. The molecule has 0 bridgehead atoms. The molecule has 3 N–H and O–H groups in total. The first-order valence-electron chi connectivity index (χ1n) is 9.54. The summed E-state index contributed by atoms with van der Waals surface area (Å²) < 4.78 is 29.0. The summed E-state index contributed by atoms with van der Waals surface area (Å²) in [5, 5.41) is 6.33. The van der Waals surface area contributed by atoms with E-state index >= 15 is 0 Å². The SMILES string of the molecule is CNc1ccc(-c2ncc(-c3ccc(NC(C)=O)cc3S(=O)(=O)NC(C)(C)C)s2)cn1. The second kappa shape index (κ2) is 8.74. The van der Waals surface area contributed by atoms with Crippen LogP contribution in [0.25, 0.3) is 21.0 Å². The van der Waals surface area contributed by atoms with Crippen LogP contribution in [0.2, 0.25) is 0 Å². The molecule has 10 heteroatoms. The lowest BCUT2D eigenvalue weighted by Crippen LogP contribution is -2.40. The van der Waals surface area contributed by atoms with Crippen LogP contribution in [-0.2, 0) is 14.8 Å². The first kappa shape index (κ1) is 22.9. The van der Waals surface area contributed by atoms with Crippen molar-refractivity contribution in [2.75, 3.05) is 17.7 Å². The van der Waals surface area contributed by atoms with Gasteiger partial charge in [-0.15, -0.1) is 11.3 Å². The molecular weight excluding hydrogens is 434 g/mol. The van der Waals surface area contributed by atoms with Gasteiger partial charge in [-0.05, 0) is 45.0 Å². The molecule has 0 atom stereocenters. The first-order valence-corrected chi connectivity index (χ1v) is 11.8.